The summed E-state index contributed by atoms with van der Waals surface area (Å²) < 4.78 is 14.8. The number of halogens is 1. The topological polar surface area (TPSA) is 70.9 Å². The van der Waals surface area contributed by atoms with Crippen LogP contribution >= 0.6 is 0 Å². The van der Waals surface area contributed by atoms with E-state index >= 15 is 0 Å². The van der Waals surface area contributed by atoms with Crippen LogP contribution in [-0.2, 0) is 0 Å². The van der Waals surface area contributed by atoms with Gasteiger partial charge in [-0.2, -0.15) is 0 Å². The van der Waals surface area contributed by atoms with Gasteiger partial charge < -0.3 is 9.80 Å². The van der Waals surface area contributed by atoms with E-state index in [0.29, 0.717) is 17.4 Å². The zero-order valence-electron chi connectivity index (χ0n) is 17.4. The summed E-state index contributed by atoms with van der Waals surface area (Å²) in [6, 6.07) is 1.99. The molecule has 0 bridgehead atoms. The maximum atomic E-state index is 14.8. The third-order valence-electron chi connectivity index (χ3n) is 6.16. The molecule has 0 atom stereocenters. The van der Waals surface area contributed by atoms with Crippen LogP contribution < -0.4 is 9.80 Å². The average Bonchev–Trinajstić information content (AvgIpc) is 3.59. The van der Waals surface area contributed by atoms with Crippen molar-refractivity contribution in [3.63, 3.8) is 0 Å². The highest BCUT2D eigenvalue weighted by atomic mass is 19.1. The van der Waals surface area contributed by atoms with Gasteiger partial charge in [-0.3, -0.25) is 4.98 Å². The number of aromatic nitrogens is 5. The summed E-state index contributed by atoms with van der Waals surface area (Å²) >= 11 is 0. The smallest absolute Gasteiger partial charge is 0.187 e. The Balaban J connectivity index is 1.26. The minimum atomic E-state index is -0.239. The second-order valence-electron chi connectivity index (χ2n) is 8.47. The minimum Gasteiger partial charge on any atom is -0.357 e. The van der Waals surface area contributed by atoms with Crippen LogP contribution in [0.4, 0.5) is 16.0 Å². The van der Waals surface area contributed by atoms with Gasteiger partial charge in [0.05, 0.1) is 17.4 Å². The molecule has 1 saturated carbocycles. The van der Waals surface area contributed by atoms with Crippen LogP contribution in [0.3, 0.4) is 0 Å². The van der Waals surface area contributed by atoms with Gasteiger partial charge in [-0.1, -0.05) is 0 Å². The summed E-state index contributed by atoms with van der Waals surface area (Å²) in [5.74, 6) is 2.71. The zero-order chi connectivity index (χ0) is 20.7. The molecule has 30 heavy (non-hydrogen) atoms. The molecule has 0 spiro atoms. The number of nitrogens with zero attached hydrogens (tertiary/aromatic N) is 7. The predicted octanol–water partition coefficient (Wildman–Crippen LogP) is 3.49. The number of hydrogen-bond donors (Lipinski definition) is 0. The predicted molar refractivity (Wildman–Crippen MR) is 114 cm³/mol. The van der Waals surface area contributed by atoms with Gasteiger partial charge in [0.25, 0.3) is 0 Å². The van der Waals surface area contributed by atoms with Gasteiger partial charge >= 0.3 is 0 Å². The van der Waals surface area contributed by atoms with Crippen molar-refractivity contribution in [1.29, 1.82) is 0 Å². The molecule has 156 valence electrons. The molecule has 0 aromatic carbocycles. The van der Waals surface area contributed by atoms with Gasteiger partial charge in [0.15, 0.2) is 11.6 Å². The van der Waals surface area contributed by atoms with E-state index in [0.717, 1.165) is 67.9 Å². The Kier molecular flexibility index (Phi) is 4.92. The lowest BCUT2D eigenvalue weighted by molar-refractivity contribution is 0.405. The van der Waals surface area contributed by atoms with Crippen LogP contribution in [0.25, 0.3) is 10.9 Å². The SMILES string of the molecule is Cc1nc(N2CCC(CN(C)c3ncnc(C4CC4)c3F)CC2)c2ccncc2n1. The average molecular weight is 407 g/mol. The highest BCUT2D eigenvalue weighted by Gasteiger charge is 2.31. The lowest BCUT2D eigenvalue weighted by atomic mass is 9.96. The first-order valence-corrected chi connectivity index (χ1v) is 10.6. The first-order chi connectivity index (χ1) is 14.6. The molecule has 5 rings (SSSR count). The number of aryl methyl sites for hydroxylation is 1. The third kappa shape index (κ3) is 3.66. The fourth-order valence-electron chi connectivity index (χ4n) is 4.40. The molecule has 8 heteroatoms. The quantitative estimate of drug-likeness (QED) is 0.641. The summed E-state index contributed by atoms with van der Waals surface area (Å²) in [6.45, 7) is 4.56. The van der Waals surface area contributed by atoms with E-state index in [1.807, 2.05) is 24.9 Å². The van der Waals surface area contributed by atoms with Gasteiger partial charge in [-0.25, -0.2) is 24.3 Å². The molecule has 7 nitrogen and oxygen atoms in total. The van der Waals surface area contributed by atoms with E-state index in [1.54, 1.807) is 12.4 Å². The Bertz CT molecular complexity index is 1060. The fraction of sp³-hybridized carbons (Fsp3) is 0.500. The van der Waals surface area contributed by atoms with Crippen molar-refractivity contribution < 1.29 is 4.39 Å². The minimum absolute atomic E-state index is 0.239. The van der Waals surface area contributed by atoms with Crippen molar-refractivity contribution in [2.75, 3.05) is 36.5 Å². The Hall–Kier alpha value is -2.90. The molecule has 0 radical (unpaired) electrons. The summed E-state index contributed by atoms with van der Waals surface area (Å²) in [5.41, 5.74) is 1.47. The van der Waals surface area contributed by atoms with Crippen LogP contribution in [0.2, 0.25) is 0 Å². The van der Waals surface area contributed by atoms with Gasteiger partial charge in [-0.05, 0) is 44.6 Å². The molecule has 3 aromatic rings. The summed E-state index contributed by atoms with van der Waals surface area (Å²) in [6.07, 6.45) is 9.21. The van der Waals surface area contributed by atoms with Gasteiger partial charge in [0, 0.05) is 44.2 Å². The molecule has 2 aliphatic rings. The van der Waals surface area contributed by atoms with Crippen LogP contribution in [0.1, 0.15) is 43.1 Å². The van der Waals surface area contributed by atoms with Crippen LogP contribution in [-0.4, -0.2) is 51.6 Å². The highest BCUT2D eigenvalue weighted by Crippen LogP contribution is 2.41. The molecule has 1 aliphatic heterocycles. The molecular weight excluding hydrogens is 381 g/mol. The van der Waals surface area contributed by atoms with Crippen molar-refractivity contribution in [2.45, 2.75) is 38.5 Å². The number of fused-ring (bicyclic) bond motifs is 1. The second kappa shape index (κ2) is 7.74. The van der Waals surface area contributed by atoms with E-state index < -0.39 is 0 Å². The van der Waals surface area contributed by atoms with E-state index in [-0.39, 0.29) is 11.7 Å². The zero-order valence-corrected chi connectivity index (χ0v) is 17.4. The molecular formula is C22H26FN7. The van der Waals surface area contributed by atoms with Gasteiger partial charge in [-0.15, -0.1) is 0 Å². The first kappa shape index (κ1) is 19.1. The van der Waals surface area contributed by atoms with Gasteiger partial charge in [0.2, 0.25) is 0 Å². The lowest BCUT2D eigenvalue weighted by Gasteiger charge is -2.35. The molecule has 3 aromatic heterocycles. The molecule has 2 fully saturated rings. The van der Waals surface area contributed by atoms with Crippen molar-refractivity contribution in [2.24, 2.45) is 5.92 Å². The molecule has 0 unspecified atom stereocenters. The van der Waals surface area contributed by atoms with E-state index in [2.05, 4.69) is 24.8 Å². The van der Waals surface area contributed by atoms with Crippen LogP contribution in [0.15, 0.2) is 24.8 Å². The molecule has 1 aliphatic carbocycles. The largest absolute Gasteiger partial charge is 0.357 e. The Labute approximate surface area is 175 Å². The first-order valence-electron chi connectivity index (χ1n) is 10.6. The van der Waals surface area contributed by atoms with Crippen LogP contribution in [0, 0.1) is 18.7 Å². The maximum absolute atomic E-state index is 14.8. The second-order valence-corrected chi connectivity index (χ2v) is 8.47. The summed E-state index contributed by atoms with van der Waals surface area (Å²) in [7, 11) is 1.93. The normalized spacial score (nSPS) is 17.5. The Morgan fingerprint density at radius 2 is 1.93 bits per heavy atom. The number of pyridine rings is 1. The van der Waals surface area contributed by atoms with Crippen molar-refractivity contribution >= 4 is 22.5 Å². The molecule has 0 amide bonds. The Morgan fingerprint density at radius 1 is 1.13 bits per heavy atom. The molecule has 4 heterocycles. The number of rotatable bonds is 5. The maximum Gasteiger partial charge on any atom is 0.187 e. The molecule has 1 saturated heterocycles. The van der Waals surface area contributed by atoms with E-state index in [4.69, 9.17) is 4.98 Å². The standard InChI is InChI=1S/C22H26FN7/c1-14-27-18-11-24-8-5-17(18)21(28-14)30-9-6-15(7-10-30)12-29(2)22-19(23)20(16-3-4-16)25-13-26-22/h5,8,11,13,15-16H,3-4,6-7,9-10,12H2,1-2H3. The summed E-state index contributed by atoms with van der Waals surface area (Å²) in [5, 5.41) is 1.04. The van der Waals surface area contributed by atoms with Gasteiger partial charge in [0.1, 0.15) is 18.0 Å². The summed E-state index contributed by atoms with van der Waals surface area (Å²) in [4.78, 5) is 26.1. The lowest BCUT2D eigenvalue weighted by Crippen LogP contribution is -2.38. The Morgan fingerprint density at radius 3 is 2.70 bits per heavy atom. The monoisotopic (exact) mass is 407 g/mol. The number of piperidine rings is 1. The fourth-order valence-corrected chi connectivity index (χ4v) is 4.40. The number of hydrogen-bond acceptors (Lipinski definition) is 7. The molecule has 0 N–H and O–H groups in total. The van der Waals surface area contributed by atoms with Crippen LogP contribution in [0.5, 0.6) is 0 Å². The third-order valence-corrected chi connectivity index (χ3v) is 6.16. The highest BCUT2D eigenvalue weighted by molar-refractivity contribution is 5.88. The van der Waals surface area contributed by atoms with Crippen molar-refractivity contribution in [3.8, 4) is 0 Å². The van der Waals surface area contributed by atoms with E-state index in [9.17, 15) is 4.39 Å². The number of anilines is 2. The van der Waals surface area contributed by atoms with Crippen molar-refractivity contribution in [1.82, 2.24) is 24.9 Å². The van der Waals surface area contributed by atoms with Crippen molar-refractivity contribution in [3.05, 3.63) is 42.1 Å². The van der Waals surface area contributed by atoms with E-state index in [1.165, 1.54) is 6.33 Å².